The summed E-state index contributed by atoms with van der Waals surface area (Å²) in [6.45, 7) is 6.44. The quantitative estimate of drug-likeness (QED) is 0.717. The summed E-state index contributed by atoms with van der Waals surface area (Å²) in [5.41, 5.74) is 0.864. The second-order valence-corrected chi connectivity index (χ2v) is 7.52. The van der Waals surface area contributed by atoms with Crippen LogP contribution >= 0.6 is 0 Å². The monoisotopic (exact) mass is 381 g/mol. The molecule has 7 heteroatoms. The van der Waals surface area contributed by atoms with E-state index in [1.165, 1.54) is 18.2 Å². The highest BCUT2D eigenvalue weighted by atomic mass is 32.2. The fourth-order valence-electron chi connectivity index (χ4n) is 2.54. The Bertz CT molecular complexity index is 839. The van der Waals surface area contributed by atoms with Crippen molar-refractivity contribution in [1.82, 2.24) is 4.72 Å². The lowest BCUT2D eigenvalue weighted by Gasteiger charge is -2.18. The first-order valence-electron chi connectivity index (χ1n) is 8.49. The molecule has 0 aliphatic heterocycles. The number of hydrogen-bond donors (Lipinski definition) is 1. The fourth-order valence-corrected chi connectivity index (χ4v) is 3.94. The second-order valence-electron chi connectivity index (χ2n) is 5.76. The van der Waals surface area contributed by atoms with E-state index in [9.17, 15) is 12.8 Å². The summed E-state index contributed by atoms with van der Waals surface area (Å²) in [6, 6.07) is 10.6. The van der Waals surface area contributed by atoms with Gasteiger partial charge in [0.15, 0.2) is 11.5 Å². The van der Waals surface area contributed by atoms with Crippen molar-refractivity contribution in [3.8, 4) is 11.5 Å². The SMILES string of the molecule is CCOc1ccc([C@H](C)NS(=O)(=O)Cc2ccccc2F)cc1OCC. The maximum Gasteiger partial charge on any atom is 0.216 e. The summed E-state index contributed by atoms with van der Waals surface area (Å²) in [6.07, 6.45) is 0. The number of halogens is 1. The van der Waals surface area contributed by atoms with Gasteiger partial charge in [-0.05, 0) is 44.5 Å². The van der Waals surface area contributed by atoms with E-state index in [0.29, 0.717) is 24.7 Å². The number of sulfonamides is 1. The van der Waals surface area contributed by atoms with Gasteiger partial charge < -0.3 is 9.47 Å². The Kier molecular flexibility index (Phi) is 6.99. The van der Waals surface area contributed by atoms with E-state index in [0.717, 1.165) is 5.56 Å². The molecule has 0 saturated carbocycles. The largest absolute Gasteiger partial charge is 0.490 e. The third-order valence-corrected chi connectivity index (χ3v) is 5.13. The van der Waals surface area contributed by atoms with Crippen LogP contribution in [-0.2, 0) is 15.8 Å². The Labute approximate surface area is 154 Å². The molecule has 0 bridgehead atoms. The van der Waals surface area contributed by atoms with Crippen molar-refractivity contribution in [3.05, 3.63) is 59.4 Å². The van der Waals surface area contributed by atoms with Gasteiger partial charge in [-0.1, -0.05) is 24.3 Å². The summed E-state index contributed by atoms with van der Waals surface area (Å²) in [5, 5.41) is 0. The third-order valence-electron chi connectivity index (χ3n) is 3.73. The highest BCUT2D eigenvalue weighted by Gasteiger charge is 2.19. The van der Waals surface area contributed by atoms with Crippen LogP contribution in [0.15, 0.2) is 42.5 Å². The first kappa shape index (κ1) is 20.2. The van der Waals surface area contributed by atoms with E-state index in [-0.39, 0.29) is 5.56 Å². The molecule has 2 rings (SSSR count). The van der Waals surface area contributed by atoms with Gasteiger partial charge in [-0.25, -0.2) is 17.5 Å². The molecule has 0 spiro atoms. The number of ether oxygens (including phenoxy) is 2. The van der Waals surface area contributed by atoms with Crippen LogP contribution in [0.25, 0.3) is 0 Å². The van der Waals surface area contributed by atoms with Crippen molar-refractivity contribution in [2.75, 3.05) is 13.2 Å². The van der Waals surface area contributed by atoms with Crippen LogP contribution in [0.3, 0.4) is 0 Å². The normalized spacial score (nSPS) is 12.6. The fraction of sp³-hybridized carbons (Fsp3) is 0.368. The van der Waals surface area contributed by atoms with Crippen LogP contribution < -0.4 is 14.2 Å². The van der Waals surface area contributed by atoms with Crippen LogP contribution in [0, 0.1) is 5.82 Å². The van der Waals surface area contributed by atoms with Gasteiger partial charge >= 0.3 is 0 Å². The molecule has 0 aromatic heterocycles. The Morgan fingerprint density at radius 2 is 1.69 bits per heavy atom. The second kappa shape index (κ2) is 9.00. The average Bonchev–Trinajstić information content (AvgIpc) is 2.58. The summed E-state index contributed by atoms with van der Waals surface area (Å²) in [4.78, 5) is 0. The van der Waals surface area contributed by atoms with Crippen molar-refractivity contribution < 1.29 is 22.3 Å². The first-order valence-corrected chi connectivity index (χ1v) is 10.1. The van der Waals surface area contributed by atoms with E-state index in [1.54, 1.807) is 31.2 Å². The van der Waals surface area contributed by atoms with Gasteiger partial charge in [0.2, 0.25) is 10.0 Å². The van der Waals surface area contributed by atoms with Gasteiger partial charge in [-0.3, -0.25) is 0 Å². The number of hydrogen-bond acceptors (Lipinski definition) is 4. The minimum absolute atomic E-state index is 0.133. The van der Waals surface area contributed by atoms with Gasteiger partial charge in [0.05, 0.1) is 19.0 Å². The van der Waals surface area contributed by atoms with Gasteiger partial charge in [-0.2, -0.15) is 0 Å². The number of rotatable bonds is 9. The zero-order valence-electron chi connectivity index (χ0n) is 15.2. The van der Waals surface area contributed by atoms with Crippen molar-refractivity contribution in [2.45, 2.75) is 32.6 Å². The minimum Gasteiger partial charge on any atom is -0.490 e. The maximum absolute atomic E-state index is 13.7. The molecule has 0 unspecified atom stereocenters. The molecule has 1 atom stereocenters. The molecule has 0 aliphatic carbocycles. The van der Waals surface area contributed by atoms with Crippen molar-refractivity contribution in [2.24, 2.45) is 0 Å². The van der Waals surface area contributed by atoms with Gasteiger partial charge in [0.25, 0.3) is 0 Å². The predicted octanol–water partition coefficient (Wildman–Crippen LogP) is 3.80. The molecule has 1 N–H and O–H groups in total. The molecule has 0 aliphatic rings. The molecule has 2 aromatic rings. The van der Waals surface area contributed by atoms with E-state index in [4.69, 9.17) is 9.47 Å². The number of nitrogens with one attached hydrogen (secondary N) is 1. The van der Waals surface area contributed by atoms with Crippen LogP contribution in [-0.4, -0.2) is 21.6 Å². The molecule has 142 valence electrons. The van der Waals surface area contributed by atoms with Crippen molar-refractivity contribution in [1.29, 1.82) is 0 Å². The van der Waals surface area contributed by atoms with Crippen molar-refractivity contribution >= 4 is 10.0 Å². The molecular formula is C19H24FNO4S. The van der Waals surface area contributed by atoms with Crippen molar-refractivity contribution in [3.63, 3.8) is 0 Å². The molecule has 0 amide bonds. The lowest BCUT2D eigenvalue weighted by atomic mass is 10.1. The Morgan fingerprint density at radius 1 is 1.04 bits per heavy atom. The van der Waals surface area contributed by atoms with E-state index < -0.39 is 27.6 Å². The lowest BCUT2D eigenvalue weighted by molar-refractivity contribution is 0.287. The lowest BCUT2D eigenvalue weighted by Crippen LogP contribution is -2.28. The Balaban J connectivity index is 2.16. The smallest absolute Gasteiger partial charge is 0.216 e. The maximum atomic E-state index is 13.7. The highest BCUT2D eigenvalue weighted by Crippen LogP contribution is 2.31. The number of benzene rings is 2. The molecule has 0 saturated heterocycles. The summed E-state index contributed by atoms with van der Waals surface area (Å²) >= 11 is 0. The molecule has 5 nitrogen and oxygen atoms in total. The Morgan fingerprint density at radius 3 is 2.35 bits per heavy atom. The van der Waals surface area contributed by atoms with Gasteiger partial charge in [0.1, 0.15) is 5.82 Å². The predicted molar refractivity (Wildman–Crippen MR) is 99.4 cm³/mol. The van der Waals surface area contributed by atoms with E-state index >= 15 is 0 Å². The average molecular weight is 381 g/mol. The van der Waals surface area contributed by atoms with Crippen LogP contribution in [0.1, 0.15) is 37.9 Å². The molecule has 0 radical (unpaired) electrons. The molecular weight excluding hydrogens is 357 g/mol. The summed E-state index contributed by atoms with van der Waals surface area (Å²) in [5.74, 6) is 0.219. The highest BCUT2D eigenvalue weighted by molar-refractivity contribution is 7.88. The standard InChI is InChI=1S/C19H24FNO4S/c1-4-24-18-11-10-15(12-19(18)25-5-2)14(3)21-26(22,23)13-16-8-6-7-9-17(16)20/h6-12,14,21H,4-5,13H2,1-3H3/t14-/m0/s1. The zero-order chi connectivity index (χ0) is 19.2. The Hall–Kier alpha value is -2.12. The van der Waals surface area contributed by atoms with Crippen LogP contribution in [0.2, 0.25) is 0 Å². The van der Waals surface area contributed by atoms with Gasteiger partial charge in [-0.15, -0.1) is 0 Å². The minimum atomic E-state index is -3.71. The summed E-state index contributed by atoms with van der Waals surface area (Å²) < 4.78 is 52.1. The summed E-state index contributed by atoms with van der Waals surface area (Å²) in [7, 11) is -3.71. The third kappa shape index (κ3) is 5.44. The molecule has 26 heavy (non-hydrogen) atoms. The molecule has 0 heterocycles. The van der Waals surface area contributed by atoms with Crippen LogP contribution in [0.5, 0.6) is 11.5 Å². The zero-order valence-corrected chi connectivity index (χ0v) is 16.0. The van der Waals surface area contributed by atoms with E-state index in [2.05, 4.69) is 4.72 Å². The van der Waals surface area contributed by atoms with Gasteiger partial charge in [0, 0.05) is 11.6 Å². The first-order chi connectivity index (χ1) is 12.4. The molecule has 0 fully saturated rings. The molecule has 2 aromatic carbocycles. The van der Waals surface area contributed by atoms with Crippen LogP contribution in [0.4, 0.5) is 4.39 Å². The topological polar surface area (TPSA) is 64.6 Å². The van der Waals surface area contributed by atoms with E-state index in [1.807, 2.05) is 13.8 Å².